The lowest BCUT2D eigenvalue weighted by Gasteiger charge is -2.40. The zero-order valence-corrected chi connectivity index (χ0v) is 15.0. The molecular formula is C19H26F3N3O. The number of likely N-dealkylation sites (tertiary alicyclic amines) is 1. The van der Waals surface area contributed by atoms with Crippen LogP contribution in [-0.4, -0.2) is 43.5 Å². The van der Waals surface area contributed by atoms with Crippen molar-refractivity contribution in [3.63, 3.8) is 0 Å². The van der Waals surface area contributed by atoms with E-state index < -0.39 is 11.7 Å². The number of nitrogens with one attached hydrogen (secondary N) is 2. The highest BCUT2D eigenvalue weighted by Crippen LogP contribution is 2.36. The van der Waals surface area contributed by atoms with Gasteiger partial charge in [-0.15, -0.1) is 0 Å². The fourth-order valence-electron chi connectivity index (χ4n) is 4.13. The van der Waals surface area contributed by atoms with Crippen molar-refractivity contribution in [3.8, 4) is 0 Å². The highest BCUT2D eigenvalue weighted by Gasteiger charge is 2.34. The lowest BCUT2D eigenvalue weighted by molar-refractivity contribution is -0.137. The van der Waals surface area contributed by atoms with Crippen molar-refractivity contribution in [1.82, 2.24) is 15.5 Å². The van der Waals surface area contributed by atoms with Gasteiger partial charge in [0, 0.05) is 12.6 Å². The van der Waals surface area contributed by atoms with Crippen molar-refractivity contribution in [3.05, 3.63) is 35.4 Å². The first kappa shape index (κ1) is 19.2. The highest BCUT2D eigenvalue weighted by molar-refractivity contribution is 5.82. The van der Waals surface area contributed by atoms with Crippen LogP contribution in [0.2, 0.25) is 0 Å². The molecule has 3 atom stereocenters. The quantitative estimate of drug-likeness (QED) is 0.858. The maximum atomic E-state index is 12.8. The molecule has 1 aromatic carbocycles. The van der Waals surface area contributed by atoms with Gasteiger partial charge in [-0.2, -0.15) is 13.2 Å². The number of hydrogen-bond acceptors (Lipinski definition) is 3. The number of carbonyl (C=O) groups is 1. The van der Waals surface area contributed by atoms with Crippen molar-refractivity contribution in [2.75, 3.05) is 26.7 Å². The lowest BCUT2D eigenvalue weighted by atomic mass is 9.84. The van der Waals surface area contributed by atoms with Crippen LogP contribution in [0.15, 0.2) is 24.3 Å². The van der Waals surface area contributed by atoms with Gasteiger partial charge < -0.3 is 10.6 Å². The van der Waals surface area contributed by atoms with Crippen LogP contribution in [0.4, 0.5) is 13.2 Å². The smallest absolute Gasteiger partial charge is 0.354 e. The fraction of sp³-hybridized carbons (Fsp3) is 0.632. The number of rotatable bonds is 4. The van der Waals surface area contributed by atoms with Crippen LogP contribution in [0.5, 0.6) is 0 Å². The van der Waals surface area contributed by atoms with Crippen LogP contribution in [0.1, 0.15) is 42.9 Å². The normalized spacial score (nSPS) is 27.5. The predicted molar refractivity (Wildman–Crippen MR) is 93.6 cm³/mol. The average molecular weight is 369 g/mol. The summed E-state index contributed by atoms with van der Waals surface area (Å²) in [6.07, 6.45) is -0.472. The van der Waals surface area contributed by atoms with Crippen molar-refractivity contribution in [2.45, 2.75) is 43.9 Å². The molecule has 3 unspecified atom stereocenters. The highest BCUT2D eigenvalue weighted by atomic mass is 19.4. The van der Waals surface area contributed by atoms with Crippen LogP contribution in [0.25, 0.3) is 0 Å². The molecule has 2 N–H and O–H groups in total. The minimum atomic E-state index is -4.32. The predicted octanol–water partition coefficient (Wildman–Crippen LogP) is 2.96. The second-order valence-corrected chi connectivity index (χ2v) is 7.34. The molecule has 0 aliphatic carbocycles. The monoisotopic (exact) mass is 369 g/mol. The van der Waals surface area contributed by atoms with Crippen LogP contribution in [-0.2, 0) is 11.0 Å². The van der Waals surface area contributed by atoms with Crippen LogP contribution in [0, 0.1) is 5.92 Å². The summed E-state index contributed by atoms with van der Waals surface area (Å²) in [5, 5.41) is 6.23. The van der Waals surface area contributed by atoms with E-state index in [0.717, 1.165) is 56.5 Å². The molecule has 7 heteroatoms. The summed E-state index contributed by atoms with van der Waals surface area (Å²) >= 11 is 0. The van der Waals surface area contributed by atoms with E-state index in [9.17, 15) is 18.0 Å². The number of carbonyl (C=O) groups excluding carboxylic acids is 1. The summed E-state index contributed by atoms with van der Waals surface area (Å²) < 4.78 is 38.4. The molecule has 0 saturated carbocycles. The Balaban J connectivity index is 1.68. The molecule has 3 rings (SSSR count). The van der Waals surface area contributed by atoms with Gasteiger partial charge >= 0.3 is 6.18 Å². The van der Waals surface area contributed by atoms with E-state index in [0.29, 0.717) is 6.54 Å². The van der Waals surface area contributed by atoms with Gasteiger partial charge in [0.1, 0.15) is 0 Å². The summed E-state index contributed by atoms with van der Waals surface area (Å²) in [6.45, 7) is 2.33. The Labute approximate surface area is 152 Å². The summed E-state index contributed by atoms with van der Waals surface area (Å²) in [6, 6.07) is 5.35. The third kappa shape index (κ3) is 4.38. The van der Waals surface area contributed by atoms with E-state index in [4.69, 9.17) is 0 Å². The summed E-state index contributed by atoms with van der Waals surface area (Å²) in [7, 11) is 1.99. The van der Waals surface area contributed by atoms with Crippen LogP contribution in [0.3, 0.4) is 0 Å². The molecule has 0 spiro atoms. The van der Waals surface area contributed by atoms with Crippen molar-refractivity contribution >= 4 is 5.91 Å². The number of hydrogen-bond donors (Lipinski definition) is 2. The molecule has 2 aliphatic heterocycles. The van der Waals surface area contributed by atoms with E-state index >= 15 is 0 Å². The minimum Gasteiger partial charge on any atom is -0.354 e. The molecule has 0 radical (unpaired) electrons. The van der Waals surface area contributed by atoms with E-state index in [1.54, 1.807) is 12.1 Å². The van der Waals surface area contributed by atoms with Gasteiger partial charge in [0.15, 0.2) is 0 Å². The zero-order chi connectivity index (χ0) is 18.7. The van der Waals surface area contributed by atoms with Gasteiger partial charge in [0.25, 0.3) is 0 Å². The number of alkyl halides is 3. The lowest BCUT2D eigenvalue weighted by Crippen LogP contribution is -2.46. The summed E-state index contributed by atoms with van der Waals surface area (Å²) in [5.41, 5.74) is 0.246. The molecular weight excluding hydrogens is 343 g/mol. The summed E-state index contributed by atoms with van der Waals surface area (Å²) in [4.78, 5) is 14.4. The molecule has 2 heterocycles. The second-order valence-electron chi connectivity index (χ2n) is 7.34. The standard InChI is InChI=1S/C19H26F3N3O/c1-25-11-3-4-14(12-24-18(26)16-5-2-10-23-16)17(25)13-6-8-15(9-7-13)19(20,21)22/h6-9,14,16-17,23H,2-5,10-12H2,1H3,(H,24,26). The molecule has 2 aliphatic rings. The second kappa shape index (κ2) is 7.96. The Bertz CT molecular complexity index is 611. The molecule has 0 bridgehead atoms. The van der Waals surface area contributed by atoms with Gasteiger partial charge in [0.05, 0.1) is 11.6 Å². The number of nitrogens with zero attached hydrogens (tertiary/aromatic N) is 1. The number of piperidine rings is 1. The molecule has 4 nitrogen and oxygen atoms in total. The SMILES string of the molecule is CN1CCCC(CNC(=O)C2CCCN2)C1c1ccc(C(F)(F)F)cc1. The number of benzene rings is 1. The molecule has 1 amide bonds. The number of amides is 1. The largest absolute Gasteiger partial charge is 0.416 e. The Morgan fingerprint density at radius 2 is 1.96 bits per heavy atom. The van der Waals surface area contributed by atoms with E-state index in [1.807, 2.05) is 7.05 Å². The Morgan fingerprint density at radius 3 is 2.58 bits per heavy atom. The minimum absolute atomic E-state index is 0.0165. The third-order valence-corrected chi connectivity index (χ3v) is 5.50. The zero-order valence-electron chi connectivity index (χ0n) is 15.0. The third-order valence-electron chi connectivity index (χ3n) is 5.50. The number of halogens is 3. The molecule has 1 aromatic rings. The van der Waals surface area contributed by atoms with Gasteiger partial charge in [-0.05, 0) is 69.4 Å². The first-order valence-electron chi connectivity index (χ1n) is 9.25. The maximum absolute atomic E-state index is 12.8. The molecule has 2 saturated heterocycles. The first-order chi connectivity index (χ1) is 12.4. The molecule has 26 heavy (non-hydrogen) atoms. The average Bonchev–Trinajstić information content (AvgIpc) is 3.14. The topological polar surface area (TPSA) is 44.4 Å². The van der Waals surface area contributed by atoms with Crippen LogP contribution >= 0.6 is 0 Å². The maximum Gasteiger partial charge on any atom is 0.416 e. The van der Waals surface area contributed by atoms with E-state index in [2.05, 4.69) is 15.5 Å². The fourth-order valence-corrected chi connectivity index (χ4v) is 4.13. The molecule has 144 valence electrons. The van der Waals surface area contributed by atoms with E-state index in [-0.39, 0.29) is 23.9 Å². The van der Waals surface area contributed by atoms with Gasteiger partial charge in [-0.1, -0.05) is 12.1 Å². The first-order valence-corrected chi connectivity index (χ1v) is 9.25. The van der Waals surface area contributed by atoms with Gasteiger partial charge in [-0.25, -0.2) is 0 Å². The van der Waals surface area contributed by atoms with Crippen LogP contribution < -0.4 is 10.6 Å². The molecule has 0 aromatic heterocycles. The van der Waals surface area contributed by atoms with Crippen molar-refractivity contribution in [2.24, 2.45) is 5.92 Å². The molecule has 2 fully saturated rings. The Hall–Kier alpha value is -1.60. The summed E-state index contributed by atoms with van der Waals surface area (Å²) in [5.74, 6) is 0.220. The Kier molecular flexibility index (Phi) is 5.87. The van der Waals surface area contributed by atoms with Gasteiger partial charge in [0.2, 0.25) is 5.91 Å². The van der Waals surface area contributed by atoms with Gasteiger partial charge in [-0.3, -0.25) is 9.69 Å². The Morgan fingerprint density at radius 1 is 1.23 bits per heavy atom. The van der Waals surface area contributed by atoms with Crippen molar-refractivity contribution in [1.29, 1.82) is 0 Å². The van der Waals surface area contributed by atoms with Crippen molar-refractivity contribution < 1.29 is 18.0 Å². The van der Waals surface area contributed by atoms with E-state index in [1.165, 1.54) is 0 Å².